The minimum absolute atomic E-state index is 0.137. The molecule has 8 rings (SSSR count). The summed E-state index contributed by atoms with van der Waals surface area (Å²) in [6, 6.07) is 48.0. The Morgan fingerprint density at radius 3 is 1.30 bits per heavy atom. The highest BCUT2D eigenvalue weighted by atomic mass is 16.5. The summed E-state index contributed by atoms with van der Waals surface area (Å²) in [5.74, 6) is 0.846. The second kappa shape index (κ2) is 16.3. The van der Waals surface area contributed by atoms with Gasteiger partial charge in [-0.1, -0.05) is 72.8 Å². The Hall–Kier alpha value is -6.73. The van der Waals surface area contributed by atoms with Crippen LogP contribution in [0.15, 0.2) is 170 Å². The van der Waals surface area contributed by atoms with E-state index < -0.39 is 11.8 Å². The number of pyridine rings is 4. The van der Waals surface area contributed by atoms with Gasteiger partial charge in [-0.15, -0.1) is 0 Å². The number of carbonyl (C=O) groups excluding carboxylic acids is 1. The fourth-order valence-corrected chi connectivity index (χ4v) is 6.81. The molecule has 0 spiro atoms. The molecule has 4 heterocycles. The molecule has 0 N–H and O–H groups in total. The van der Waals surface area contributed by atoms with Crippen LogP contribution in [-0.2, 0) is 30.8 Å². The summed E-state index contributed by atoms with van der Waals surface area (Å²) < 4.78 is 12.2. The van der Waals surface area contributed by atoms with E-state index in [9.17, 15) is 4.79 Å². The highest BCUT2D eigenvalue weighted by Gasteiger charge is 2.30. The van der Waals surface area contributed by atoms with Crippen LogP contribution in [0.4, 0.5) is 0 Å². The number of Topliss-reactive ketones (excluding diaryl/α,β-unsaturated/α-hetero) is 1. The van der Waals surface area contributed by atoms with E-state index in [1.54, 1.807) is 24.8 Å². The molecule has 7 nitrogen and oxygen atoms in total. The van der Waals surface area contributed by atoms with Crippen LogP contribution in [0.2, 0.25) is 0 Å². The topological polar surface area (TPSA) is 87.1 Å². The number of rotatable bonds is 14. The molecule has 4 aromatic carbocycles. The van der Waals surface area contributed by atoms with Crippen molar-refractivity contribution in [1.29, 1.82) is 0 Å². The lowest BCUT2D eigenvalue weighted by Gasteiger charge is -2.24. The molecule has 0 amide bonds. The molecule has 0 saturated carbocycles. The van der Waals surface area contributed by atoms with Gasteiger partial charge in [0.25, 0.3) is 0 Å². The van der Waals surface area contributed by atoms with Crippen LogP contribution >= 0.6 is 0 Å². The van der Waals surface area contributed by atoms with Gasteiger partial charge in [-0.2, -0.15) is 0 Å². The van der Waals surface area contributed by atoms with Crippen molar-refractivity contribution in [3.05, 3.63) is 204 Å². The first-order valence-electron chi connectivity index (χ1n) is 18.1. The van der Waals surface area contributed by atoms with E-state index in [0.717, 1.165) is 66.9 Å². The predicted molar refractivity (Wildman–Crippen MR) is 211 cm³/mol. The third kappa shape index (κ3) is 8.32. The number of nitrogens with zero attached hydrogens (tertiary/aromatic N) is 4. The van der Waals surface area contributed by atoms with Gasteiger partial charge in [-0.25, -0.2) is 9.97 Å². The molecule has 0 saturated heterocycles. The number of para-hydroxylation sites is 2. The number of aromatic nitrogens is 4. The van der Waals surface area contributed by atoms with E-state index in [1.165, 1.54) is 0 Å². The van der Waals surface area contributed by atoms with Crippen molar-refractivity contribution in [2.24, 2.45) is 0 Å². The van der Waals surface area contributed by atoms with Gasteiger partial charge in [-0.3, -0.25) is 14.8 Å². The number of hydrogen-bond acceptors (Lipinski definition) is 7. The molecule has 4 aromatic heterocycles. The number of ketones is 1. The van der Waals surface area contributed by atoms with Gasteiger partial charge >= 0.3 is 0 Å². The summed E-state index contributed by atoms with van der Waals surface area (Å²) in [4.78, 5) is 32.7. The molecule has 0 bridgehead atoms. The summed E-state index contributed by atoms with van der Waals surface area (Å²) in [5, 5.41) is 2.20. The summed E-state index contributed by atoms with van der Waals surface area (Å²) in [5.41, 5.74) is 7.57. The minimum Gasteiger partial charge on any atom is -0.487 e. The van der Waals surface area contributed by atoms with Crippen LogP contribution in [-0.4, -0.2) is 25.7 Å². The molecular formula is C47H38N4O3. The lowest BCUT2D eigenvalue weighted by Crippen LogP contribution is -2.24. The van der Waals surface area contributed by atoms with Crippen molar-refractivity contribution in [2.75, 3.05) is 0 Å². The average molecular weight is 707 g/mol. The molecule has 264 valence electrons. The van der Waals surface area contributed by atoms with Crippen LogP contribution in [0.1, 0.15) is 45.5 Å². The second-order valence-electron chi connectivity index (χ2n) is 13.3. The van der Waals surface area contributed by atoms with Gasteiger partial charge < -0.3 is 9.47 Å². The maximum atomic E-state index is 14.8. The molecular weight excluding hydrogens is 669 g/mol. The molecule has 2 atom stereocenters. The summed E-state index contributed by atoms with van der Waals surface area (Å²) in [6.07, 6.45) is 8.07. The monoisotopic (exact) mass is 706 g/mol. The normalized spacial score (nSPS) is 12.3. The molecule has 0 aliphatic carbocycles. The maximum Gasteiger partial charge on any atom is 0.148 e. The highest BCUT2D eigenvalue weighted by Crippen LogP contribution is 2.33. The van der Waals surface area contributed by atoms with E-state index in [1.807, 2.05) is 121 Å². The molecule has 0 aliphatic heterocycles. The third-order valence-corrected chi connectivity index (χ3v) is 9.72. The number of fused-ring (bicyclic) bond motifs is 2. The van der Waals surface area contributed by atoms with Crippen molar-refractivity contribution in [1.82, 2.24) is 19.9 Å². The van der Waals surface area contributed by atoms with Crippen molar-refractivity contribution in [2.45, 2.75) is 37.9 Å². The van der Waals surface area contributed by atoms with Crippen LogP contribution in [0.3, 0.4) is 0 Å². The van der Waals surface area contributed by atoms with Crippen LogP contribution in [0, 0.1) is 0 Å². The number of ether oxygens (including phenoxy) is 2. The van der Waals surface area contributed by atoms with E-state index >= 15 is 0 Å². The van der Waals surface area contributed by atoms with Crippen LogP contribution in [0.5, 0.6) is 11.5 Å². The zero-order valence-electron chi connectivity index (χ0n) is 29.7. The number of hydrogen-bond donors (Lipinski definition) is 0. The van der Waals surface area contributed by atoms with Gasteiger partial charge in [0.1, 0.15) is 30.5 Å². The third-order valence-electron chi connectivity index (χ3n) is 9.72. The van der Waals surface area contributed by atoms with Crippen molar-refractivity contribution in [3.63, 3.8) is 0 Å². The van der Waals surface area contributed by atoms with Crippen molar-refractivity contribution in [3.8, 4) is 11.5 Å². The SMILES string of the molecule is O=C(C(Cc1ccc(OCc2ccc3ccccc3n2)cc1)c1ccncc1)C(Cc1ccc(OCc2ccc3ccccc3n2)cc1)c1ccncc1. The Morgan fingerprint density at radius 2 is 0.870 bits per heavy atom. The Bertz CT molecular complexity index is 2300. The van der Waals surface area contributed by atoms with Gasteiger partial charge in [0.05, 0.1) is 22.4 Å². The Labute approximate surface area is 314 Å². The van der Waals surface area contributed by atoms with E-state index in [-0.39, 0.29) is 5.78 Å². The standard InChI is InChI=1S/C47H38N4O3/c52-47(43(35-21-25-48-26-22-35)29-33-9-17-41(18-10-33)53-31-39-15-13-37-5-1-3-7-45(37)50-39)44(36-23-27-49-28-24-36)30-34-11-19-42(20-12-34)54-32-40-16-14-38-6-2-4-8-46(38)51-40/h1-28,43-44H,29-32H2. The molecule has 2 unspecified atom stereocenters. The van der Waals surface area contributed by atoms with E-state index in [4.69, 9.17) is 19.4 Å². The fourth-order valence-electron chi connectivity index (χ4n) is 6.81. The smallest absolute Gasteiger partial charge is 0.148 e. The van der Waals surface area contributed by atoms with Crippen molar-refractivity contribution < 1.29 is 14.3 Å². The van der Waals surface area contributed by atoms with E-state index in [2.05, 4.69) is 34.2 Å². The maximum absolute atomic E-state index is 14.8. The summed E-state index contributed by atoms with van der Waals surface area (Å²) >= 11 is 0. The zero-order chi connectivity index (χ0) is 36.5. The second-order valence-corrected chi connectivity index (χ2v) is 13.3. The lowest BCUT2D eigenvalue weighted by atomic mass is 9.78. The summed E-state index contributed by atoms with van der Waals surface area (Å²) in [6.45, 7) is 0.732. The Morgan fingerprint density at radius 1 is 0.463 bits per heavy atom. The number of carbonyl (C=O) groups is 1. The van der Waals surface area contributed by atoms with Crippen LogP contribution in [0.25, 0.3) is 21.8 Å². The first kappa shape index (κ1) is 34.4. The largest absolute Gasteiger partial charge is 0.487 e. The molecule has 0 radical (unpaired) electrons. The molecule has 54 heavy (non-hydrogen) atoms. The first-order valence-corrected chi connectivity index (χ1v) is 18.1. The van der Waals surface area contributed by atoms with Gasteiger partial charge in [0.15, 0.2) is 0 Å². The lowest BCUT2D eigenvalue weighted by molar-refractivity contribution is -0.122. The first-order chi connectivity index (χ1) is 26.6. The van der Waals surface area contributed by atoms with Crippen molar-refractivity contribution >= 4 is 27.6 Å². The zero-order valence-corrected chi connectivity index (χ0v) is 29.7. The molecule has 0 aliphatic rings. The predicted octanol–water partition coefficient (Wildman–Crippen LogP) is 9.65. The Balaban J connectivity index is 0.972. The molecule has 7 heteroatoms. The molecule has 0 fully saturated rings. The van der Waals surface area contributed by atoms with E-state index in [0.29, 0.717) is 26.1 Å². The highest BCUT2D eigenvalue weighted by molar-refractivity contribution is 5.92. The Kier molecular flexibility index (Phi) is 10.4. The van der Waals surface area contributed by atoms with Gasteiger partial charge in [-0.05, 0) is 108 Å². The minimum atomic E-state index is -0.392. The molecule has 8 aromatic rings. The quantitative estimate of drug-likeness (QED) is 0.111. The summed E-state index contributed by atoms with van der Waals surface area (Å²) in [7, 11) is 0. The van der Waals surface area contributed by atoms with Gasteiger partial charge in [0.2, 0.25) is 0 Å². The number of benzene rings is 4. The fraction of sp³-hybridized carbons (Fsp3) is 0.128. The van der Waals surface area contributed by atoms with Gasteiger partial charge in [0, 0.05) is 47.4 Å². The van der Waals surface area contributed by atoms with Crippen LogP contribution < -0.4 is 9.47 Å². The average Bonchev–Trinajstić information content (AvgIpc) is 3.24.